The zero-order valence-electron chi connectivity index (χ0n) is 40.6. The Bertz CT molecular complexity index is 1880. The molecule has 0 radical (unpaired) electrons. The highest BCUT2D eigenvalue weighted by Gasteiger charge is 2.38. The van der Waals surface area contributed by atoms with E-state index in [1.807, 2.05) is 75.4 Å². The van der Waals surface area contributed by atoms with Gasteiger partial charge in [-0.25, -0.2) is 4.79 Å². The number of hydrogen-bond donors (Lipinski definition) is 5. The van der Waals surface area contributed by atoms with Crippen LogP contribution in [0.1, 0.15) is 126 Å². The van der Waals surface area contributed by atoms with E-state index in [9.17, 15) is 33.6 Å². The molecule has 356 valence electrons. The summed E-state index contributed by atoms with van der Waals surface area (Å²) in [6.07, 6.45) is -0.130. The first-order chi connectivity index (χ1) is 29.6. The monoisotopic (exact) mass is 894 g/mol. The van der Waals surface area contributed by atoms with E-state index in [0.717, 1.165) is 16.7 Å². The first-order valence-electron chi connectivity index (χ1n) is 22.2. The molecule has 2 aromatic carbocycles. The molecular formula is C49H75N5O10. The van der Waals surface area contributed by atoms with E-state index >= 15 is 0 Å². The van der Waals surface area contributed by atoms with Crippen molar-refractivity contribution in [1.82, 2.24) is 26.6 Å². The van der Waals surface area contributed by atoms with E-state index in [2.05, 4.69) is 26.6 Å². The molecule has 5 amide bonds. The van der Waals surface area contributed by atoms with Crippen LogP contribution in [0.4, 0.5) is 0 Å². The normalized spacial score (nSPS) is 14.3. The van der Waals surface area contributed by atoms with Gasteiger partial charge in [0.15, 0.2) is 0 Å². The van der Waals surface area contributed by atoms with Gasteiger partial charge in [0.1, 0.15) is 42.4 Å². The van der Waals surface area contributed by atoms with E-state index in [0.29, 0.717) is 0 Å². The first kappa shape index (κ1) is 54.8. The number of aryl methyl sites for hydroxylation is 1. The Morgan fingerprint density at radius 3 is 1.73 bits per heavy atom. The summed E-state index contributed by atoms with van der Waals surface area (Å²) in [5.74, 6) is -4.92. The standard InChI is InChI=1S/C49H75N5O10/c1-30(2)26-36(46(61)62-28-33-21-16-15-17-22-33)52-45(60)41(47(6,7)8)54-42(57)35(27-34-23-19-18-20-32(34)5)51-44(59)40(31(3)4)53-43(58)37(29-63-48(9,10)11)50-38(55)24-25-39(56)64-49(12,13)14/h15-23,30-31,35-37,40-41H,24-29H2,1-14H3,(H,50,55)(H,51,59)(H,52,60)(H,53,58)(H,54,57)/t35-,36-,37-,40+,41+/m0/s1. The molecule has 0 aliphatic rings. The minimum Gasteiger partial charge on any atom is -0.460 e. The largest absolute Gasteiger partial charge is 0.460 e. The van der Waals surface area contributed by atoms with Crippen LogP contribution in [0.25, 0.3) is 0 Å². The number of amides is 5. The quantitative estimate of drug-likeness (QED) is 0.0953. The zero-order valence-corrected chi connectivity index (χ0v) is 40.6. The third-order valence-corrected chi connectivity index (χ3v) is 9.82. The molecule has 0 aliphatic heterocycles. The molecule has 0 bridgehead atoms. The number of benzene rings is 2. The van der Waals surface area contributed by atoms with Gasteiger partial charge in [0.2, 0.25) is 29.5 Å². The lowest BCUT2D eigenvalue weighted by Gasteiger charge is -2.33. The molecule has 0 saturated carbocycles. The number of hydrogen-bond acceptors (Lipinski definition) is 10. The molecule has 0 saturated heterocycles. The Labute approximate surface area is 380 Å². The van der Waals surface area contributed by atoms with Crippen LogP contribution in [0.2, 0.25) is 0 Å². The molecule has 15 nitrogen and oxygen atoms in total. The van der Waals surface area contributed by atoms with Gasteiger partial charge in [-0.15, -0.1) is 0 Å². The van der Waals surface area contributed by atoms with E-state index in [1.54, 1.807) is 76.2 Å². The number of ether oxygens (including phenoxy) is 3. The predicted molar refractivity (Wildman–Crippen MR) is 245 cm³/mol. The second kappa shape index (κ2) is 24.7. The fourth-order valence-electron chi connectivity index (χ4n) is 6.40. The first-order valence-corrected chi connectivity index (χ1v) is 22.2. The highest BCUT2D eigenvalue weighted by molar-refractivity contribution is 5.96. The lowest BCUT2D eigenvalue weighted by molar-refractivity contribution is -0.155. The highest BCUT2D eigenvalue weighted by Crippen LogP contribution is 2.22. The summed E-state index contributed by atoms with van der Waals surface area (Å²) in [6.45, 7) is 24.8. The molecule has 15 heteroatoms. The molecule has 0 unspecified atom stereocenters. The van der Waals surface area contributed by atoms with Crippen LogP contribution in [-0.4, -0.2) is 89.5 Å². The molecular weight excluding hydrogens is 819 g/mol. The smallest absolute Gasteiger partial charge is 0.328 e. The summed E-state index contributed by atoms with van der Waals surface area (Å²) in [5.41, 5.74) is 0.137. The van der Waals surface area contributed by atoms with Crippen LogP contribution in [0.3, 0.4) is 0 Å². The van der Waals surface area contributed by atoms with Crippen molar-refractivity contribution in [3.63, 3.8) is 0 Å². The van der Waals surface area contributed by atoms with Crippen molar-refractivity contribution in [1.29, 1.82) is 0 Å². The average molecular weight is 894 g/mol. The third-order valence-electron chi connectivity index (χ3n) is 9.82. The average Bonchev–Trinajstić information content (AvgIpc) is 3.17. The van der Waals surface area contributed by atoms with E-state index in [1.165, 1.54) is 0 Å². The third kappa shape index (κ3) is 20.5. The number of carbonyl (C=O) groups is 7. The summed E-state index contributed by atoms with van der Waals surface area (Å²) >= 11 is 0. The lowest BCUT2D eigenvalue weighted by atomic mass is 9.85. The van der Waals surface area contributed by atoms with Gasteiger partial charge in [-0.05, 0) is 88.8 Å². The molecule has 0 heterocycles. The zero-order chi connectivity index (χ0) is 48.6. The maximum absolute atomic E-state index is 14.4. The molecule has 0 fully saturated rings. The van der Waals surface area contributed by atoms with Crippen molar-refractivity contribution in [2.45, 2.75) is 171 Å². The Morgan fingerprint density at radius 1 is 0.609 bits per heavy atom. The number of nitrogens with one attached hydrogen (secondary N) is 5. The Kier molecular flexibility index (Phi) is 21.1. The van der Waals surface area contributed by atoms with E-state index in [4.69, 9.17) is 14.2 Å². The van der Waals surface area contributed by atoms with Crippen molar-refractivity contribution >= 4 is 41.5 Å². The van der Waals surface area contributed by atoms with Crippen molar-refractivity contribution in [2.75, 3.05) is 6.61 Å². The van der Waals surface area contributed by atoms with Gasteiger partial charge in [-0.3, -0.25) is 28.8 Å². The van der Waals surface area contributed by atoms with Crippen LogP contribution in [0, 0.1) is 24.2 Å². The molecule has 0 spiro atoms. The summed E-state index contributed by atoms with van der Waals surface area (Å²) in [6, 6.07) is 10.8. The van der Waals surface area contributed by atoms with Gasteiger partial charge in [0, 0.05) is 12.8 Å². The van der Waals surface area contributed by atoms with Crippen molar-refractivity contribution in [3.8, 4) is 0 Å². The minimum absolute atomic E-state index is 0.0158. The molecule has 5 atom stereocenters. The molecule has 64 heavy (non-hydrogen) atoms. The maximum Gasteiger partial charge on any atom is 0.328 e. The van der Waals surface area contributed by atoms with Crippen LogP contribution >= 0.6 is 0 Å². The van der Waals surface area contributed by atoms with Gasteiger partial charge in [0.25, 0.3) is 0 Å². The highest BCUT2D eigenvalue weighted by atomic mass is 16.6. The molecule has 2 aromatic rings. The summed E-state index contributed by atoms with van der Waals surface area (Å²) in [4.78, 5) is 95.4. The Hall–Kier alpha value is -5.31. The van der Waals surface area contributed by atoms with Gasteiger partial charge < -0.3 is 40.8 Å². The topological polar surface area (TPSA) is 207 Å². The summed E-state index contributed by atoms with van der Waals surface area (Å²) < 4.78 is 16.8. The van der Waals surface area contributed by atoms with Gasteiger partial charge in [-0.2, -0.15) is 0 Å². The predicted octanol–water partition coefficient (Wildman–Crippen LogP) is 5.39. The summed E-state index contributed by atoms with van der Waals surface area (Å²) in [7, 11) is 0. The molecule has 5 N–H and O–H groups in total. The molecule has 0 aromatic heterocycles. The minimum atomic E-state index is -1.24. The molecule has 2 rings (SSSR count). The number of esters is 2. The van der Waals surface area contributed by atoms with Crippen molar-refractivity contribution in [3.05, 3.63) is 71.3 Å². The van der Waals surface area contributed by atoms with Crippen molar-refractivity contribution in [2.24, 2.45) is 17.3 Å². The Balaban J connectivity index is 2.39. The molecule has 0 aliphatic carbocycles. The maximum atomic E-state index is 14.4. The fourth-order valence-corrected chi connectivity index (χ4v) is 6.40. The second-order valence-corrected chi connectivity index (χ2v) is 20.1. The number of rotatable bonds is 22. The van der Waals surface area contributed by atoms with E-state index < -0.39 is 94.2 Å². The second-order valence-electron chi connectivity index (χ2n) is 20.1. The van der Waals surface area contributed by atoms with Crippen LogP contribution in [-0.2, 0) is 60.8 Å². The number of carbonyl (C=O) groups excluding carboxylic acids is 7. The van der Waals surface area contributed by atoms with Gasteiger partial charge in [-0.1, -0.05) is 103 Å². The SMILES string of the molecule is Cc1ccccc1C[C@H](NC(=O)[C@H](NC(=O)[C@H](COC(C)(C)C)NC(=O)CCC(=O)OC(C)(C)C)C(C)C)C(=O)N[C@H](C(=O)N[C@@H](CC(C)C)C(=O)OCc1ccccc1)C(C)(C)C. The van der Waals surface area contributed by atoms with Crippen LogP contribution < -0.4 is 26.6 Å². The fraction of sp³-hybridized carbons (Fsp3) is 0.612. The van der Waals surface area contributed by atoms with Crippen molar-refractivity contribution < 1.29 is 47.8 Å². The van der Waals surface area contributed by atoms with Crippen LogP contribution in [0.15, 0.2) is 54.6 Å². The van der Waals surface area contributed by atoms with Crippen LogP contribution in [0.5, 0.6) is 0 Å². The van der Waals surface area contributed by atoms with Gasteiger partial charge >= 0.3 is 11.9 Å². The van der Waals surface area contributed by atoms with Gasteiger partial charge in [0.05, 0.1) is 18.6 Å². The lowest BCUT2D eigenvalue weighted by Crippen LogP contribution is -2.62. The summed E-state index contributed by atoms with van der Waals surface area (Å²) in [5, 5.41) is 13.9. The Morgan fingerprint density at radius 2 is 1.19 bits per heavy atom. The van der Waals surface area contributed by atoms with E-state index in [-0.39, 0.29) is 44.8 Å².